The van der Waals surface area contributed by atoms with E-state index >= 15 is 0 Å². The summed E-state index contributed by atoms with van der Waals surface area (Å²) in [5.74, 6) is 0.108. The highest BCUT2D eigenvalue weighted by molar-refractivity contribution is 5.77. The van der Waals surface area contributed by atoms with E-state index in [1.54, 1.807) is 11.1 Å². The Hall–Kier alpha value is -1.47. The fourth-order valence-electron chi connectivity index (χ4n) is 2.74. The molecule has 1 saturated carbocycles. The van der Waals surface area contributed by atoms with Crippen molar-refractivity contribution in [1.82, 2.24) is 25.2 Å². The van der Waals surface area contributed by atoms with Crippen molar-refractivity contribution in [3.8, 4) is 0 Å². The molecule has 0 unspecified atom stereocenters. The van der Waals surface area contributed by atoms with E-state index in [0.29, 0.717) is 12.2 Å². The molecule has 0 aliphatic heterocycles. The van der Waals surface area contributed by atoms with Gasteiger partial charge in [0.05, 0.1) is 25.4 Å². The lowest BCUT2D eigenvalue weighted by molar-refractivity contribution is -0.129. The monoisotopic (exact) mass is 295 g/mol. The number of aliphatic hydroxyl groups excluding tert-OH is 1. The summed E-state index contributed by atoms with van der Waals surface area (Å²) >= 11 is 0. The Kier molecular flexibility index (Phi) is 5.69. The second-order valence-electron chi connectivity index (χ2n) is 5.60. The number of hydrogen-bond donors (Lipinski definition) is 2. The van der Waals surface area contributed by atoms with E-state index in [1.807, 2.05) is 18.7 Å². The average molecular weight is 295 g/mol. The molecule has 2 atom stereocenters. The molecule has 1 aromatic rings. The summed E-state index contributed by atoms with van der Waals surface area (Å²) in [7, 11) is 1.81. The van der Waals surface area contributed by atoms with Crippen LogP contribution in [0.4, 0.5) is 0 Å². The number of nitrogens with one attached hydrogen (secondary N) is 1. The van der Waals surface area contributed by atoms with Crippen LogP contribution in [0.1, 0.15) is 44.3 Å². The van der Waals surface area contributed by atoms with Gasteiger partial charge in [0.25, 0.3) is 0 Å². The first-order chi connectivity index (χ1) is 10.2. The lowest BCUT2D eigenvalue weighted by atomic mass is 9.90. The zero-order chi connectivity index (χ0) is 15.2. The van der Waals surface area contributed by atoms with Crippen LogP contribution < -0.4 is 5.32 Å². The van der Waals surface area contributed by atoms with Gasteiger partial charge in [-0.25, -0.2) is 4.68 Å². The van der Waals surface area contributed by atoms with Gasteiger partial charge in [-0.15, -0.1) is 5.10 Å². The normalized spacial score (nSPS) is 22.2. The quantitative estimate of drug-likeness (QED) is 0.790. The van der Waals surface area contributed by atoms with Gasteiger partial charge < -0.3 is 15.3 Å². The minimum Gasteiger partial charge on any atom is -0.390 e. The number of carbonyl (C=O) groups excluding carboxylic acids is 1. The molecule has 21 heavy (non-hydrogen) atoms. The van der Waals surface area contributed by atoms with E-state index in [1.165, 1.54) is 0 Å². The third kappa shape index (κ3) is 4.01. The Labute approximate surface area is 125 Å². The van der Waals surface area contributed by atoms with Crippen LogP contribution in [-0.2, 0) is 11.4 Å². The number of likely N-dealkylation sites (N-methyl/N-ethyl adjacent to an activating group) is 1. The van der Waals surface area contributed by atoms with E-state index in [-0.39, 0.29) is 24.6 Å². The molecule has 1 aromatic heterocycles. The highest BCUT2D eigenvalue weighted by atomic mass is 16.3. The van der Waals surface area contributed by atoms with Crippen LogP contribution >= 0.6 is 0 Å². The van der Waals surface area contributed by atoms with Crippen LogP contribution in [0.15, 0.2) is 6.20 Å². The molecule has 1 aliphatic rings. The van der Waals surface area contributed by atoms with E-state index < -0.39 is 0 Å². The van der Waals surface area contributed by atoms with Crippen molar-refractivity contribution < 1.29 is 9.90 Å². The third-order valence-electron chi connectivity index (χ3n) is 4.20. The third-order valence-corrected chi connectivity index (χ3v) is 4.20. The standard InChI is InChI=1S/C14H25N5O2/c1-3-18(2)14(21)8-15-12-6-4-5-7-13(12)19-9-11(10-20)16-17-19/h9,12-13,15,20H,3-8,10H2,1-2H3/t12-,13+/m0/s1. The van der Waals surface area contributed by atoms with Gasteiger partial charge in [-0.3, -0.25) is 4.79 Å². The van der Waals surface area contributed by atoms with E-state index in [4.69, 9.17) is 5.11 Å². The number of aliphatic hydroxyl groups is 1. The lowest BCUT2D eigenvalue weighted by Gasteiger charge is -2.32. The summed E-state index contributed by atoms with van der Waals surface area (Å²) in [5, 5.41) is 20.5. The van der Waals surface area contributed by atoms with Crippen molar-refractivity contribution in [2.24, 2.45) is 0 Å². The van der Waals surface area contributed by atoms with Crippen molar-refractivity contribution in [2.45, 2.75) is 51.3 Å². The first kappa shape index (κ1) is 15.9. The topological polar surface area (TPSA) is 83.3 Å². The Bertz CT molecular complexity index is 462. The molecule has 0 bridgehead atoms. The van der Waals surface area contributed by atoms with Crippen molar-refractivity contribution in [1.29, 1.82) is 0 Å². The summed E-state index contributed by atoms with van der Waals surface area (Å²) in [4.78, 5) is 13.6. The Morgan fingerprint density at radius 1 is 1.52 bits per heavy atom. The lowest BCUT2D eigenvalue weighted by Crippen LogP contribution is -2.45. The molecular formula is C14H25N5O2. The molecular weight excluding hydrogens is 270 g/mol. The van der Waals surface area contributed by atoms with Gasteiger partial charge in [0.1, 0.15) is 5.69 Å². The Balaban J connectivity index is 1.97. The van der Waals surface area contributed by atoms with Crippen molar-refractivity contribution in [2.75, 3.05) is 20.1 Å². The minimum absolute atomic E-state index is 0.0927. The van der Waals surface area contributed by atoms with Crippen LogP contribution in [0.5, 0.6) is 0 Å². The van der Waals surface area contributed by atoms with Crippen LogP contribution in [-0.4, -0.2) is 57.1 Å². The highest BCUT2D eigenvalue weighted by Crippen LogP contribution is 2.28. The van der Waals surface area contributed by atoms with Crippen LogP contribution in [0.2, 0.25) is 0 Å². The summed E-state index contributed by atoms with van der Waals surface area (Å²) in [5.41, 5.74) is 0.584. The molecule has 0 saturated heterocycles. The predicted molar refractivity (Wildman–Crippen MR) is 78.6 cm³/mol. The number of carbonyl (C=O) groups is 1. The number of amides is 1. The minimum atomic E-state index is -0.0927. The molecule has 1 aliphatic carbocycles. The maximum atomic E-state index is 11.9. The van der Waals surface area contributed by atoms with Gasteiger partial charge in [-0.2, -0.15) is 0 Å². The second-order valence-corrected chi connectivity index (χ2v) is 5.60. The Morgan fingerprint density at radius 2 is 2.29 bits per heavy atom. The Morgan fingerprint density at radius 3 is 2.95 bits per heavy atom. The van der Waals surface area contributed by atoms with Crippen molar-refractivity contribution in [3.05, 3.63) is 11.9 Å². The van der Waals surface area contributed by atoms with Gasteiger partial charge in [0.2, 0.25) is 5.91 Å². The van der Waals surface area contributed by atoms with Gasteiger partial charge in [0, 0.05) is 19.6 Å². The maximum Gasteiger partial charge on any atom is 0.236 e. The molecule has 1 amide bonds. The smallest absolute Gasteiger partial charge is 0.236 e. The molecule has 0 radical (unpaired) electrons. The van der Waals surface area contributed by atoms with E-state index in [2.05, 4.69) is 15.6 Å². The fourth-order valence-corrected chi connectivity index (χ4v) is 2.74. The zero-order valence-electron chi connectivity index (χ0n) is 12.8. The zero-order valence-corrected chi connectivity index (χ0v) is 12.8. The van der Waals surface area contributed by atoms with Crippen LogP contribution in [0.3, 0.4) is 0 Å². The van der Waals surface area contributed by atoms with Crippen molar-refractivity contribution >= 4 is 5.91 Å². The van der Waals surface area contributed by atoms with Gasteiger partial charge in [-0.1, -0.05) is 18.1 Å². The molecule has 0 spiro atoms. The number of rotatable bonds is 6. The molecule has 7 heteroatoms. The van der Waals surface area contributed by atoms with Gasteiger partial charge >= 0.3 is 0 Å². The molecule has 2 rings (SSSR count). The second kappa shape index (κ2) is 7.51. The van der Waals surface area contributed by atoms with Gasteiger partial charge in [-0.05, 0) is 19.8 Å². The number of nitrogens with zero attached hydrogens (tertiary/aromatic N) is 4. The van der Waals surface area contributed by atoms with Crippen LogP contribution in [0, 0.1) is 0 Å². The number of hydrogen-bond acceptors (Lipinski definition) is 5. The fraction of sp³-hybridized carbons (Fsp3) is 0.786. The van der Waals surface area contributed by atoms with Crippen molar-refractivity contribution in [3.63, 3.8) is 0 Å². The summed E-state index contributed by atoms with van der Waals surface area (Å²) in [6, 6.07) is 0.424. The summed E-state index contributed by atoms with van der Waals surface area (Å²) < 4.78 is 1.83. The van der Waals surface area contributed by atoms with E-state index in [9.17, 15) is 4.79 Å². The summed E-state index contributed by atoms with van der Waals surface area (Å²) in [6.07, 6.45) is 6.16. The number of aromatic nitrogens is 3. The van der Waals surface area contributed by atoms with Crippen LogP contribution in [0.25, 0.3) is 0 Å². The molecule has 118 valence electrons. The first-order valence-corrected chi connectivity index (χ1v) is 7.64. The SMILES string of the molecule is CCN(C)C(=O)CN[C@H]1CCCC[C@H]1n1cc(CO)nn1. The molecule has 1 fully saturated rings. The van der Waals surface area contributed by atoms with E-state index in [0.717, 1.165) is 32.2 Å². The average Bonchev–Trinajstić information content (AvgIpc) is 3.00. The molecule has 0 aromatic carbocycles. The van der Waals surface area contributed by atoms with Gasteiger partial charge in [0.15, 0.2) is 0 Å². The molecule has 7 nitrogen and oxygen atoms in total. The molecule has 2 N–H and O–H groups in total. The molecule has 1 heterocycles. The highest BCUT2D eigenvalue weighted by Gasteiger charge is 2.28. The first-order valence-electron chi connectivity index (χ1n) is 7.64. The largest absolute Gasteiger partial charge is 0.390 e. The summed E-state index contributed by atoms with van der Waals surface area (Å²) in [6.45, 7) is 2.95. The maximum absolute atomic E-state index is 11.9. The predicted octanol–water partition coefficient (Wildman–Crippen LogP) is 0.322.